The molecule has 1 fully saturated rings. The maximum atomic E-state index is 13.0. The lowest BCUT2D eigenvalue weighted by atomic mass is 9.83. The molecule has 0 radical (unpaired) electrons. The van der Waals surface area contributed by atoms with Gasteiger partial charge in [0.15, 0.2) is 6.10 Å². The first-order valence-electron chi connectivity index (χ1n) is 11.0. The Morgan fingerprint density at radius 2 is 1.51 bits per heavy atom. The highest BCUT2D eigenvalue weighted by atomic mass is 16.7. The lowest BCUT2D eigenvalue weighted by molar-refractivity contribution is -0.277. The Bertz CT molecular complexity index is 1200. The molecule has 3 N–H and O–H groups in total. The molecule has 1 aliphatic carbocycles. The maximum absolute atomic E-state index is 13.0. The van der Waals surface area contributed by atoms with E-state index in [1.54, 1.807) is 19.1 Å². The van der Waals surface area contributed by atoms with Crippen molar-refractivity contribution in [2.45, 2.75) is 64.8 Å². The molecule has 2 aromatic carbocycles. The van der Waals surface area contributed by atoms with Crippen molar-refractivity contribution < 1.29 is 48.7 Å². The molecule has 1 aliphatic heterocycles. The van der Waals surface area contributed by atoms with Gasteiger partial charge in [0.2, 0.25) is 18.2 Å². The van der Waals surface area contributed by atoms with Gasteiger partial charge < -0.3 is 34.3 Å². The number of hydrogen-bond donors (Lipinski definition) is 3. The van der Waals surface area contributed by atoms with Crippen molar-refractivity contribution >= 4 is 17.7 Å². The van der Waals surface area contributed by atoms with Crippen LogP contribution in [0.2, 0.25) is 0 Å². The number of ketones is 1. The Balaban J connectivity index is 1.68. The van der Waals surface area contributed by atoms with Crippen molar-refractivity contribution in [1.29, 1.82) is 0 Å². The van der Waals surface area contributed by atoms with Crippen LogP contribution in [0.1, 0.15) is 53.4 Å². The average Bonchev–Trinajstić information content (AvgIpc) is 2.72. The van der Waals surface area contributed by atoms with Gasteiger partial charge in [-0.05, 0) is 49.1 Å². The molecule has 0 aromatic heterocycles. The molecule has 0 unspecified atom stereocenters. The molecule has 0 amide bonds. The number of aliphatic hydroxyl groups excluding tert-OH is 1. The van der Waals surface area contributed by atoms with Crippen molar-refractivity contribution in [3.05, 3.63) is 52.1 Å². The molecule has 1 heterocycles. The summed E-state index contributed by atoms with van der Waals surface area (Å²) in [4.78, 5) is 36.4. The monoisotopic (exact) mass is 486 g/mol. The molecular formula is C25H26O10. The first kappa shape index (κ1) is 24.5. The largest absolute Gasteiger partial charge is 0.507 e. The summed E-state index contributed by atoms with van der Waals surface area (Å²) in [7, 11) is 0. The smallest absolute Gasteiger partial charge is 0.303 e. The van der Waals surface area contributed by atoms with Gasteiger partial charge in [-0.1, -0.05) is 6.07 Å². The van der Waals surface area contributed by atoms with Gasteiger partial charge in [-0.3, -0.25) is 14.4 Å². The maximum Gasteiger partial charge on any atom is 0.303 e. The second-order valence-electron chi connectivity index (χ2n) is 8.77. The van der Waals surface area contributed by atoms with E-state index in [0.29, 0.717) is 11.1 Å². The number of aliphatic hydroxyl groups is 1. The summed E-state index contributed by atoms with van der Waals surface area (Å²) >= 11 is 0. The molecular weight excluding hydrogens is 460 g/mol. The fraction of sp³-hybridized carbons (Fsp3) is 0.400. The molecule has 10 nitrogen and oxygen atoms in total. The third-order valence-electron chi connectivity index (χ3n) is 5.97. The zero-order valence-corrected chi connectivity index (χ0v) is 19.6. The summed E-state index contributed by atoms with van der Waals surface area (Å²) in [5.74, 6) is -2.34. The number of rotatable bonds is 4. The molecule has 2 aromatic rings. The summed E-state index contributed by atoms with van der Waals surface area (Å²) in [5.41, 5.74) is 2.04. The first-order chi connectivity index (χ1) is 16.5. The summed E-state index contributed by atoms with van der Waals surface area (Å²) in [6.07, 6.45) is -5.73. The SMILES string of the molecule is CC(=O)O[C@@H]1[C@@H](O)[C@H](C)O[C@@H](Oc2cc(O)c3c(c2)Cc2cc(C)cc(O)c2C3=O)[C@@H]1OC(C)=O. The fourth-order valence-electron chi connectivity index (χ4n) is 4.56. The van der Waals surface area contributed by atoms with Gasteiger partial charge in [0.25, 0.3) is 0 Å². The molecule has 0 saturated carbocycles. The summed E-state index contributed by atoms with van der Waals surface area (Å²) in [6, 6.07) is 6.02. The minimum absolute atomic E-state index is 0.0479. The molecule has 0 spiro atoms. The highest BCUT2D eigenvalue weighted by molar-refractivity contribution is 6.15. The predicted molar refractivity (Wildman–Crippen MR) is 119 cm³/mol. The summed E-state index contributed by atoms with van der Waals surface area (Å²) in [6.45, 7) is 5.64. The van der Waals surface area contributed by atoms with Crippen LogP contribution in [0.25, 0.3) is 0 Å². The van der Waals surface area contributed by atoms with E-state index >= 15 is 0 Å². The molecule has 0 bridgehead atoms. The van der Waals surface area contributed by atoms with E-state index in [9.17, 15) is 29.7 Å². The van der Waals surface area contributed by atoms with Crippen LogP contribution in [0.3, 0.4) is 0 Å². The highest BCUT2D eigenvalue weighted by Crippen LogP contribution is 2.40. The van der Waals surface area contributed by atoms with Crippen molar-refractivity contribution in [2.75, 3.05) is 0 Å². The molecule has 2 aliphatic rings. The number of carbonyl (C=O) groups is 3. The number of phenolic OH excluding ortho intramolecular Hbond substituents is 2. The van der Waals surface area contributed by atoms with Crippen LogP contribution in [0.5, 0.6) is 17.2 Å². The molecule has 5 atom stereocenters. The second-order valence-corrected chi connectivity index (χ2v) is 8.77. The third-order valence-corrected chi connectivity index (χ3v) is 5.97. The van der Waals surface area contributed by atoms with Crippen molar-refractivity contribution in [3.8, 4) is 17.2 Å². The normalized spacial score (nSPS) is 25.3. The number of fused-ring (bicyclic) bond motifs is 2. The van der Waals surface area contributed by atoms with Gasteiger partial charge in [0, 0.05) is 19.9 Å². The quantitative estimate of drug-likeness (QED) is 0.467. The Kier molecular flexibility index (Phi) is 6.44. The van der Waals surface area contributed by atoms with Gasteiger partial charge in [-0.15, -0.1) is 0 Å². The van der Waals surface area contributed by atoms with Crippen LogP contribution in [-0.4, -0.2) is 63.7 Å². The second kappa shape index (κ2) is 9.20. The van der Waals surface area contributed by atoms with Crippen LogP contribution < -0.4 is 4.74 Å². The Hall–Kier alpha value is -3.63. The van der Waals surface area contributed by atoms with Crippen LogP contribution in [0.4, 0.5) is 0 Å². The van der Waals surface area contributed by atoms with Crippen LogP contribution in [-0.2, 0) is 30.2 Å². The first-order valence-corrected chi connectivity index (χ1v) is 11.0. The Morgan fingerprint density at radius 1 is 0.943 bits per heavy atom. The zero-order valence-electron chi connectivity index (χ0n) is 19.6. The van der Waals surface area contributed by atoms with E-state index in [2.05, 4.69) is 0 Å². The van der Waals surface area contributed by atoms with E-state index in [1.165, 1.54) is 19.1 Å². The predicted octanol–water partition coefficient (Wildman–Crippen LogP) is 1.89. The zero-order chi connectivity index (χ0) is 25.6. The highest BCUT2D eigenvalue weighted by Gasteiger charge is 2.49. The van der Waals surface area contributed by atoms with E-state index in [-0.39, 0.29) is 34.8 Å². The number of benzene rings is 2. The van der Waals surface area contributed by atoms with Crippen molar-refractivity contribution in [1.82, 2.24) is 0 Å². The lowest BCUT2D eigenvalue weighted by Crippen LogP contribution is -2.60. The van der Waals surface area contributed by atoms with Gasteiger partial charge in [-0.25, -0.2) is 0 Å². The molecule has 1 saturated heterocycles. The van der Waals surface area contributed by atoms with Gasteiger partial charge in [-0.2, -0.15) is 0 Å². The molecule has 35 heavy (non-hydrogen) atoms. The minimum atomic E-state index is -1.30. The average molecular weight is 486 g/mol. The van der Waals surface area contributed by atoms with Crippen molar-refractivity contribution in [3.63, 3.8) is 0 Å². The number of aryl methyl sites for hydroxylation is 1. The van der Waals surface area contributed by atoms with Crippen LogP contribution in [0, 0.1) is 6.92 Å². The number of carbonyl (C=O) groups excluding carboxylic acids is 3. The molecule has 186 valence electrons. The summed E-state index contributed by atoms with van der Waals surface area (Å²) in [5, 5.41) is 31.4. The number of hydrogen-bond acceptors (Lipinski definition) is 10. The number of aromatic hydroxyl groups is 2. The van der Waals surface area contributed by atoms with Crippen LogP contribution in [0.15, 0.2) is 24.3 Å². The van der Waals surface area contributed by atoms with E-state index in [0.717, 1.165) is 19.4 Å². The Morgan fingerprint density at radius 3 is 2.14 bits per heavy atom. The lowest BCUT2D eigenvalue weighted by Gasteiger charge is -2.42. The van der Waals surface area contributed by atoms with Crippen molar-refractivity contribution in [2.24, 2.45) is 0 Å². The summed E-state index contributed by atoms with van der Waals surface area (Å²) < 4.78 is 22.1. The van der Waals surface area contributed by atoms with Crippen LogP contribution >= 0.6 is 0 Å². The Labute approximate surface area is 201 Å². The molecule has 10 heteroatoms. The standard InChI is InChI=1S/C25H26O10/c1-10-5-14-7-15-8-16(9-18(29)20(15)22(31)19(14)17(28)6-10)35-25-24(34-13(4)27)23(33-12(3)26)21(30)11(2)32-25/h5-6,8-9,11,21,23-25,28-30H,7H2,1-4H3/t11-,21-,23+,24+,25-/m0/s1. The minimum Gasteiger partial charge on any atom is -0.507 e. The fourth-order valence-corrected chi connectivity index (χ4v) is 4.56. The van der Waals surface area contributed by atoms with Gasteiger partial charge in [0.05, 0.1) is 17.2 Å². The van der Waals surface area contributed by atoms with Gasteiger partial charge >= 0.3 is 11.9 Å². The topological polar surface area (TPSA) is 149 Å². The number of phenols is 2. The number of esters is 2. The van der Waals surface area contributed by atoms with E-state index < -0.39 is 48.4 Å². The molecule has 4 rings (SSSR count). The number of ether oxygens (including phenoxy) is 4. The van der Waals surface area contributed by atoms with E-state index in [4.69, 9.17) is 18.9 Å². The van der Waals surface area contributed by atoms with E-state index in [1.807, 2.05) is 0 Å². The van der Waals surface area contributed by atoms with Gasteiger partial charge in [0.1, 0.15) is 23.4 Å². The third kappa shape index (κ3) is 4.67.